The van der Waals surface area contributed by atoms with Crippen molar-refractivity contribution >= 4 is 30.1 Å². The number of halogens is 1. The molecule has 0 aliphatic carbocycles. The molecule has 0 aromatic heterocycles. The van der Waals surface area contributed by atoms with Crippen LogP contribution in [0.4, 0.5) is 0 Å². The fourth-order valence-electron chi connectivity index (χ4n) is 2.95. The number of nitrogens with one attached hydrogen (secondary N) is 1. The van der Waals surface area contributed by atoms with Crippen LogP contribution in [-0.4, -0.2) is 47.5 Å². The lowest BCUT2D eigenvalue weighted by Crippen LogP contribution is -2.49. The molecule has 0 spiro atoms. The molecule has 3 nitrogen and oxygen atoms in total. The molecule has 5 heteroatoms. The summed E-state index contributed by atoms with van der Waals surface area (Å²) >= 11 is 1.76. The van der Waals surface area contributed by atoms with E-state index in [4.69, 9.17) is 0 Å². The van der Waals surface area contributed by atoms with Crippen LogP contribution in [-0.2, 0) is 4.79 Å². The average molecular weight is 293 g/mol. The number of hydrogen-bond donors (Lipinski definition) is 1. The van der Waals surface area contributed by atoms with E-state index in [1.54, 1.807) is 11.8 Å². The minimum absolute atomic E-state index is 0. The second-order valence-corrected chi connectivity index (χ2v) is 6.43. The van der Waals surface area contributed by atoms with E-state index in [0.29, 0.717) is 29.8 Å². The van der Waals surface area contributed by atoms with Crippen molar-refractivity contribution in [3.8, 4) is 0 Å². The van der Waals surface area contributed by atoms with Gasteiger partial charge in [0.2, 0.25) is 5.91 Å². The Labute approximate surface area is 121 Å². The van der Waals surface area contributed by atoms with Crippen LogP contribution >= 0.6 is 24.2 Å². The first-order valence-electron chi connectivity index (χ1n) is 6.80. The van der Waals surface area contributed by atoms with Gasteiger partial charge in [0.1, 0.15) is 0 Å². The number of nitrogens with zero attached hydrogens (tertiary/aromatic N) is 1. The Morgan fingerprint density at radius 2 is 1.94 bits per heavy atom. The van der Waals surface area contributed by atoms with Crippen LogP contribution in [0, 0.1) is 0 Å². The lowest BCUT2D eigenvalue weighted by Gasteiger charge is -2.35. The number of thioether (sulfide) groups is 1. The Kier molecular flexibility index (Phi) is 6.82. The molecular weight excluding hydrogens is 268 g/mol. The van der Waals surface area contributed by atoms with Gasteiger partial charge < -0.3 is 10.2 Å². The van der Waals surface area contributed by atoms with Crippen molar-refractivity contribution in [2.45, 2.75) is 57.2 Å². The molecule has 1 N–H and O–H groups in total. The highest BCUT2D eigenvalue weighted by molar-refractivity contribution is 7.99. The zero-order chi connectivity index (χ0) is 12.3. The van der Waals surface area contributed by atoms with Crippen LogP contribution in [0.3, 0.4) is 0 Å². The normalized spacial score (nSPS) is 29.8. The van der Waals surface area contributed by atoms with Gasteiger partial charge in [-0.05, 0) is 37.9 Å². The molecule has 2 aliphatic heterocycles. The molecule has 0 aromatic carbocycles. The molecule has 2 bridgehead atoms. The number of rotatable bonds is 5. The summed E-state index contributed by atoms with van der Waals surface area (Å²) in [5, 5.41) is 3.62. The van der Waals surface area contributed by atoms with E-state index in [-0.39, 0.29) is 12.4 Å². The van der Waals surface area contributed by atoms with Crippen molar-refractivity contribution in [3.63, 3.8) is 0 Å². The van der Waals surface area contributed by atoms with E-state index >= 15 is 0 Å². The summed E-state index contributed by atoms with van der Waals surface area (Å²) < 4.78 is 0. The Bertz CT molecular complexity index is 266. The molecule has 2 rings (SSSR count). The standard InChI is InChI=1S/C13H24N2OS.ClH/c1-3-6-17-9-13(16)15(2)12-7-10-4-5-11(8-12)14-10;/h10-12,14H,3-9H2,1-2H3;1H. The minimum Gasteiger partial charge on any atom is -0.342 e. The molecule has 2 heterocycles. The Morgan fingerprint density at radius 3 is 2.50 bits per heavy atom. The summed E-state index contributed by atoms with van der Waals surface area (Å²) in [5.41, 5.74) is 0. The average Bonchev–Trinajstić information content (AvgIpc) is 2.67. The lowest BCUT2D eigenvalue weighted by atomic mass is 9.98. The third kappa shape index (κ3) is 4.04. The van der Waals surface area contributed by atoms with Gasteiger partial charge in [0.05, 0.1) is 5.75 Å². The van der Waals surface area contributed by atoms with E-state index in [1.807, 2.05) is 11.9 Å². The molecule has 0 aromatic rings. The smallest absolute Gasteiger partial charge is 0.232 e. The molecule has 2 unspecified atom stereocenters. The van der Waals surface area contributed by atoms with E-state index in [0.717, 1.165) is 25.0 Å². The van der Waals surface area contributed by atoms with Gasteiger partial charge in [-0.2, -0.15) is 11.8 Å². The van der Waals surface area contributed by atoms with Gasteiger partial charge in [0.15, 0.2) is 0 Å². The Hall–Kier alpha value is 0.0700. The first-order chi connectivity index (χ1) is 8.20. The third-order valence-electron chi connectivity index (χ3n) is 3.96. The van der Waals surface area contributed by atoms with Crippen molar-refractivity contribution in [3.05, 3.63) is 0 Å². The van der Waals surface area contributed by atoms with Gasteiger partial charge in [-0.25, -0.2) is 0 Å². The topological polar surface area (TPSA) is 32.3 Å². The zero-order valence-corrected chi connectivity index (χ0v) is 13.0. The molecule has 18 heavy (non-hydrogen) atoms. The second-order valence-electron chi connectivity index (χ2n) is 5.32. The molecule has 2 aliphatic rings. The molecule has 1 amide bonds. The lowest BCUT2D eigenvalue weighted by molar-refractivity contribution is -0.129. The largest absolute Gasteiger partial charge is 0.342 e. The number of piperidine rings is 1. The van der Waals surface area contributed by atoms with Crippen LogP contribution in [0.25, 0.3) is 0 Å². The van der Waals surface area contributed by atoms with Crippen LogP contribution in [0.15, 0.2) is 0 Å². The summed E-state index contributed by atoms with van der Waals surface area (Å²) in [6.45, 7) is 2.16. The molecule has 2 atom stereocenters. The van der Waals surface area contributed by atoms with Crippen LogP contribution in [0.1, 0.15) is 39.0 Å². The number of carbonyl (C=O) groups excluding carboxylic acids is 1. The van der Waals surface area contributed by atoms with Crippen molar-refractivity contribution in [1.29, 1.82) is 0 Å². The van der Waals surface area contributed by atoms with Gasteiger partial charge in [-0.1, -0.05) is 6.92 Å². The molecular formula is C13H25ClN2OS. The fraction of sp³-hybridized carbons (Fsp3) is 0.923. The summed E-state index contributed by atoms with van der Waals surface area (Å²) in [6.07, 6.45) is 6.05. The predicted octanol–water partition coefficient (Wildman–Crippen LogP) is 2.29. The van der Waals surface area contributed by atoms with Crippen molar-refractivity contribution in [2.75, 3.05) is 18.6 Å². The second kappa shape index (κ2) is 7.61. The van der Waals surface area contributed by atoms with Gasteiger partial charge in [-0.15, -0.1) is 12.4 Å². The van der Waals surface area contributed by atoms with E-state index in [1.165, 1.54) is 12.8 Å². The predicted molar refractivity (Wildman–Crippen MR) is 80.6 cm³/mol. The van der Waals surface area contributed by atoms with Crippen molar-refractivity contribution < 1.29 is 4.79 Å². The maximum atomic E-state index is 12.0. The third-order valence-corrected chi connectivity index (χ3v) is 5.11. The van der Waals surface area contributed by atoms with Gasteiger partial charge in [-0.3, -0.25) is 4.79 Å². The monoisotopic (exact) mass is 292 g/mol. The summed E-state index contributed by atoms with van der Waals surface area (Å²) in [5.74, 6) is 2.07. The van der Waals surface area contributed by atoms with Crippen LogP contribution in [0.2, 0.25) is 0 Å². The number of amides is 1. The highest BCUT2D eigenvalue weighted by atomic mass is 35.5. The molecule has 2 saturated heterocycles. The number of carbonyl (C=O) groups is 1. The molecule has 0 saturated carbocycles. The van der Waals surface area contributed by atoms with Gasteiger partial charge in [0.25, 0.3) is 0 Å². The van der Waals surface area contributed by atoms with E-state index in [9.17, 15) is 4.79 Å². The van der Waals surface area contributed by atoms with Crippen molar-refractivity contribution in [1.82, 2.24) is 10.2 Å². The summed E-state index contributed by atoms with van der Waals surface area (Å²) in [7, 11) is 1.99. The fourth-order valence-corrected chi connectivity index (χ4v) is 3.76. The molecule has 2 fully saturated rings. The summed E-state index contributed by atoms with van der Waals surface area (Å²) in [6, 6.07) is 1.80. The SMILES string of the molecule is CCCSCC(=O)N(C)C1CC2CCC(C1)N2.Cl. The highest BCUT2D eigenvalue weighted by Crippen LogP contribution is 2.29. The maximum absolute atomic E-state index is 12.0. The summed E-state index contributed by atoms with van der Waals surface area (Å²) in [4.78, 5) is 14.0. The Balaban J connectivity index is 0.00000162. The minimum atomic E-state index is 0. The van der Waals surface area contributed by atoms with Gasteiger partial charge >= 0.3 is 0 Å². The Morgan fingerprint density at radius 1 is 1.33 bits per heavy atom. The number of hydrogen-bond acceptors (Lipinski definition) is 3. The van der Waals surface area contributed by atoms with E-state index < -0.39 is 0 Å². The van der Waals surface area contributed by atoms with Crippen molar-refractivity contribution in [2.24, 2.45) is 0 Å². The number of fused-ring (bicyclic) bond motifs is 2. The molecule has 0 radical (unpaired) electrons. The maximum Gasteiger partial charge on any atom is 0.232 e. The highest BCUT2D eigenvalue weighted by Gasteiger charge is 2.36. The first kappa shape index (κ1) is 16.1. The quantitative estimate of drug-likeness (QED) is 0.789. The zero-order valence-electron chi connectivity index (χ0n) is 11.4. The van der Waals surface area contributed by atoms with Crippen LogP contribution < -0.4 is 5.32 Å². The molecule has 106 valence electrons. The van der Waals surface area contributed by atoms with Crippen LogP contribution in [0.5, 0.6) is 0 Å². The van der Waals surface area contributed by atoms with Gasteiger partial charge in [0, 0.05) is 25.2 Å². The van der Waals surface area contributed by atoms with E-state index in [2.05, 4.69) is 12.2 Å². The first-order valence-corrected chi connectivity index (χ1v) is 7.95.